The van der Waals surface area contributed by atoms with Crippen LogP contribution in [0.15, 0.2) is 22.7 Å². The molecule has 1 aromatic rings. The van der Waals surface area contributed by atoms with Crippen LogP contribution in [0.2, 0.25) is 0 Å². The van der Waals surface area contributed by atoms with Gasteiger partial charge in [-0.25, -0.2) is 4.39 Å². The minimum Gasteiger partial charge on any atom is -0.303 e. The second kappa shape index (κ2) is 4.20. The molecule has 0 aliphatic rings. The average molecular weight is 246 g/mol. The van der Waals surface area contributed by atoms with E-state index in [-0.39, 0.29) is 5.82 Å². The normalized spacial score (nSPS) is 13.4. The molecule has 0 fully saturated rings. The quantitative estimate of drug-likeness (QED) is 0.774. The van der Waals surface area contributed by atoms with Gasteiger partial charge in [-0.3, -0.25) is 0 Å². The number of benzene rings is 1. The molecule has 13 heavy (non-hydrogen) atoms. The van der Waals surface area contributed by atoms with E-state index in [4.69, 9.17) is 0 Å². The van der Waals surface area contributed by atoms with Gasteiger partial charge in [0, 0.05) is 6.04 Å². The number of rotatable bonds is 2. The molecule has 0 N–H and O–H groups in total. The second-order valence-corrected chi connectivity index (χ2v) is 4.17. The van der Waals surface area contributed by atoms with Crippen LogP contribution in [-0.4, -0.2) is 19.0 Å². The Morgan fingerprint density at radius 3 is 2.46 bits per heavy atom. The molecule has 0 heterocycles. The average Bonchev–Trinajstić information content (AvgIpc) is 2.08. The lowest BCUT2D eigenvalue weighted by Gasteiger charge is -2.20. The maximum Gasteiger partial charge on any atom is 0.137 e. The Bertz CT molecular complexity index is 299. The summed E-state index contributed by atoms with van der Waals surface area (Å²) < 4.78 is 13.4. The monoisotopic (exact) mass is 245 g/mol. The molecule has 0 spiro atoms. The van der Waals surface area contributed by atoms with Gasteiger partial charge in [0.2, 0.25) is 0 Å². The summed E-state index contributed by atoms with van der Waals surface area (Å²) >= 11 is 3.17. The first-order valence-electron chi connectivity index (χ1n) is 4.13. The van der Waals surface area contributed by atoms with Crippen LogP contribution in [0.1, 0.15) is 18.5 Å². The van der Waals surface area contributed by atoms with Crippen molar-refractivity contribution < 1.29 is 4.39 Å². The van der Waals surface area contributed by atoms with Gasteiger partial charge in [-0.05, 0) is 54.6 Å². The molecule has 0 bridgehead atoms. The first-order valence-corrected chi connectivity index (χ1v) is 4.93. The van der Waals surface area contributed by atoms with Crippen molar-refractivity contribution in [2.24, 2.45) is 0 Å². The van der Waals surface area contributed by atoms with E-state index in [1.807, 2.05) is 26.2 Å². The maximum absolute atomic E-state index is 12.9. The van der Waals surface area contributed by atoms with E-state index >= 15 is 0 Å². The van der Waals surface area contributed by atoms with Crippen molar-refractivity contribution in [3.63, 3.8) is 0 Å². The minimum absolute atomic E-state index is 0.213. The predicted octanol–water partition coefficient (Wildman–Crippen LogP) is 3.21. The first kappa shape index (κ1) is 10.7. The minimum atomic E-state index is -0.213. The van der Waals surface area contributed by atoms with Crippen molar-refractivity contribution in [2.45, 2.75) is 13.0 Å². The van der Waals surface area contributed by atoms with E-state index in [0.717, 1.165) is 5.56 Å². The van der Waals surface area contributed by atoms with Crippen LogP contribution in [0.3, 0.4) is 0 Å². The summed E-state index contributed by atoms with van der Waals surface area (Å²) in [6.45, 7) is 2.08. The van der Waals surface area contributed by atoms with Gasteiger partial charge in [-0.1, -0.05) is 6.07 Å². The molecule has 0 radical (unpaired) electrons. The van der Waals surface area contributed by atoms with Crippen molar-refractivity contribution in [2.75, 3.05) is 14.1 Å². The molecule has 0 saturated carbocycles. The maximum atomic E-state index is 12.9. The molecule has 1 aromatic carbocycles. The summed E-state index contributed by atoms with van der Waals surface area (Å²) in [4.78, 5) is 2.08. The molecule has 1 unspecified atom stereocenters. The number of nitrogens with zero attached hydrogens (tertiary/aromatic N) is 1. The highest BCUT2D eigenvalue weighted by Crippen LogP contribution is 2.23. The number of hydrogen-bond donors (Lipinski definition) is 0. The molecule has 0 aliphatic carbocycles. The summed E-state index contributed by atoms with van der Waals surface area (Å²) in [7, 11) is 4.00. The van der Waals surface area contributed by atoms with E-state index in [1.165, 1.54) is 6.07 Å². The summed E-state index contributed by atoms with van der Waals surface area (Å²) in [6, 6.07) is 5.42. The number of hydrogen-bond acceptors (Lipinski definition) is 1. The largest absolute Gasteiger partial charge is 0.303 e. The lowest BCUT2D eigenvalue weighted by molar-refractivity contribution is 0.321. The highest BCUT2D eigenvalue weighted by atomic mass is 79.9. The van der Waals surface area contributed by atoms with Crippen molar-refractivity contribution in [1.29, 1.82) is 0 Å². The van der Waals surface area contributed by atoms with Gasteiger partial charge in [0.1, 0.15) is 5.82 Å². The summed E-state index contributed by atoms with van der Waals surface area (Å²) in [5.41, 5.74) is 1.11. The van der Waals surface area contributed by atoms with Crippen LogP contribution in [0.5, 0.6) is 0 Å². The molecule has 0 amide bonds. The van der Waals surface area contributed by atoms with Gasteiger partial charge in [0.05, 0.1) is 4.47 Å². The molecule has 0 aliphatic heterocycles. The molecule has 1 atom stereocenters. The third kappa shape index (κ3) is 2.51. The SMILES string of the molecule is CC(c1ccc(F)c(Br)c1)N(C)C. The Kier molecular flexibility index (Phi) is 3.45. The molecule has 3 heteroatoms. The van der Waals surface area contributed by atoms with E-state index in [9.17, 15) is 4.39 Å². The lowest BCUT2D eigenvalue weighted by atomic mass is 10.1. The lowest BCUT2D eigenvalue weighted by Crippen LogP contribution is -2.16. The smallest absolute Gasteiger partial charge is 0.137 e. The summed E-state index contributed by atoms with van der Waals surface area (Å²) in [5.74, 6) is -0.213. The zero-order valence-electron chi connectivity index (χ0n) is 8.01. The zero-order chi connectivity index (χ0) is 10.0. The fourth-order valence-corrected chi connectivity index (χ4v) is 1.47. The third-order valence-corrected chi connectivity index (χ3v) is 2.81. The fraction of sp³-hybridized carbons (Fsp3) is 0.400. The molecule has 0 aromatic heterocycles. The Hall–Kier alpha value is -0.410. The Morgan fingerprint density at radius 2 is 2.00 bits per heavy atom. The van der Waals surface area contributed by atoms with Crippen LogP contribution in [-0.2, 0) is 0 Å². The molecular formula is C10H13BrFN. The molecule has 72 valence electrons. The van der Waals surface area contributed by atoms with E-state index < -0.39 is 0 Å². The fourth-order valence-electron chi connectivity index (χ4n) is 1.07. The van der Waals surface area contributed by atoms with Crippen LogP contribution < -0.4 is 0 Å². The summed E-state index contributed by atoms with van der Waals surface area (Å²) in [5, 5.41) is 0. The highest BCUT2D eigenvalue weighted by molar-refractivity contribution is 9.10. The van der Waals surface area contributed by atoms with Crippen molar-refractivity contribution in [3.8, 4) is 0 Å². The Morgan fingerprint density at radius 1 is 1.38 bits per heavy atom. The van der Waals surface area contributed by atoms with Crippen LogP contribution >= 0.6 is 15.9 Å². The third-order valence-electron chi connectivity index (χ3n) is 2.20. The topological polar surface area (TPSA) is 3.24 Å². The number of halogens is 2. The summed E-state index contributed by atoms with van der Waals surface area (Å²) in [6.07, 6.45) is 0. The van der Waals surface area contributed by atoms with Gasteiger partial charge < -0.3 is 4.90 Å². The van der Waals surface area contributed by atoms with Crippen LogP contribution in [0.25, 0.3) is 0 Å². The molecular weight excluding hydrogens is 233 g/mol. The standard InChI is InChI=1S/C10H13BrFN/c1-7(13(2)3)8-4-5-10(12)9(11)6-8/h4-7H,1-3H3. The Labute approximate surface area is 86.7 Å². The van der Waals surface area contributed by atoms with Crippen LogP contribution in [0, 0.1) is 5.82 Å². The highest BCUT2D eigenvalue weighted by Gasteiger charge is 2.09. The van der Waals surface area contributed by atoms with Gasteiger partial charge in [0.25, 0.3) is 0 Å². The van der Waals surface area contributed by atoms with Gasteiger partial charge in [-0.15, -0.1) is 0 Å². The van der Waals surface area contributed by atoms with E-state index in [0.29, 0.717) is 10.5 Å². The second-order valence-electron chi connectivity index (χ2n) is 3.31. The van der Waals surface area contributed by atoms with E-state index in [2.05, 4.69) is 27.8 Å². The van der Waals surface area contributed by atoms with Crippen LogP contribution in [0.4, 0.5) is 4.39 Å². The molecule has 1 nitrogen and oxygen atoms in total. The van der Waals surface area contributed by atoms with Gasteiger partial charge in [-0.2, -0.15) is 0 Å². The van der Waals surface area contributed by atoms with Gasteiger partial charge >= 0.3 is 0 Å². The van der Waals surface area contributed by atoms with Crippen molar-refractivity contribution in [3.05, 3.63) is 34.1 Å². The zero-order valence-corrected chi connectivity index (χ0v) is 9.60. The first-order chi connectivity index (χ1) is 6.02. The van der Waals surface area contributed by atoms with E-state index in [1.54, 1.807) is 0 Å². The molecule has 1 rings (SSSR count). The predicted molar refractivity (Wildman–Crippen MR) is 56.2 cm³/mol. The Balaban J connectivity index is 2.97. The van der Waals surface area contributed by atoms with Crippen molar-refractivity contribution >= 4 is 15.9 Å². The molecule has 0 saturated heterocycles. The van der Waals surface area contributed by atoms with Gasteiger partial charge in [0.15, 0.2) is 0 Å². The van der Waals surface area contributed by atoms with Crippen molar-refractivity contribution in [1.82, 2.24) is 4.90 Å².